The Balaban J connectivity index is 2.11. The van der Waals surface area contributed by atoms with E-state index >= 15 is 0 Å². The van der Waals surface area contributed by atoms with Gasteiger partial charge in [-0.15, -0.1) is 13.2 Å². The van der Waals surface area contributed by atoms with Crippen LogP contribution in [-0.2, 0) is 0 Å². The van der Waals surface area contributed by atoms with Gasteiger partial charge in [0, 0.05) is 5.69 Å². The van der Waals surface area contributed by atoms with Crippen molar-refractivity contribution in [2.75, 3.05) is 5.32 Å². The maximum atomic E-state index is 12.1. The van der Waals surface area contributed by atoms with Crippen molar-refractivity contribution in [1.29, 1.82) is 0 Å². The minimum absolute atomic E-state index is 0.0621. The molecule has 0 spiro atoms. The van der Waals surface area contributed by atoms with E-state index in [1.54, 1.807) is 6.07 Å². The summed E-state index contributed by atoms with van der Waals surface area (Å²) in [5, 5.41) is 2.48. The van der Waals surface area contributed by atoms with Gasteiger partial charge in [0.2, 0.25) is 0 Å². The summed E-state index contributed by atoms with van der Waals surface area (Å²) in [6, 6.07) is 6.68. The van der Waals surface area contributed by atoms with Gasteiger partial charge >= 0.3 is 6.36 Å². The molecule has 106 valence electrons. The molecule has 0 aliphatic heterocycles. The number of nitrogens with one attached hydrogen (secondary N) is 1. The molecule has 0 aliphatic carbocycles. The molecule has 0 aliphatic rings. The van der Waals surface area contributed by atoms with Gasteiger partial charge in [-0.1, -0.05) is 0 Å². The largest absolute Gasteiger partial charge is 0.573 e. The van der Waals surface area contributed by atoms with Gasteiger partial charge in [-0.25, -0.2) is 0 Å². The van der Waals surface area contributed by atoms with Crippen molar-refractivity contribution in [2.45, 2.75) is 6.36 Å². The fourth-order valence-electron chi connectivity index (χ4n) is 1.39. The second-order valence-corrected chi connectivity index (χ2v) is 4.48. The van der Waals surface area contributed by atoms with Gasteiger partial charge in [-0.3, -0.25) is 4.79 Å². The number of furan rings is 1. The predicted octanol–water partition coefficient (Wildman–Crippen LogP) is 4.19. The Morgan fingerprint density at radius 3 is 2.60 bits per heavy atom. The first-order valence-electron chi connectivity index (χ1n) is 5.25. The van der Waals surface area contributed by atoms with Crippen LogP contribution in [0.15, 0.2) is 45.5 Å². The van der Waals surface area contributed by atoms with Crippen LogP contribution >= 0.6 is 15.9 Å². The van der Waals surface area contributed by atoms with Crippen molar-refractivity contribution in [2.24, 2.45) is 0 Å². The van der Waals surface area contributed by atoms with E-state index in [0.717, 1.165) is 6.07 Å². The smallest absolute Gasteiger partial charge is 0.459 e. The lowest BCUT2D eigenvalue weighted by atomic mass is 10.3. The number of hydrogen-bond acceptors (Lipinski definition) is 3. The van der Waals surface area contributed by atoms with E-state index in [1.807, 2.05) is 0 Å². The highest BCUT2D eigenvalue weighted by Crippen LogP contribution is 2.32. The fraction of sp³-hybridized carbons (Fsp3) is 0.0833. The molecular formula is C12H7BrF3NO3. The van der Waals surface area contributed by atoms with Gasteiger partial charge < -0.3 is 14.5 Å². The van der Waals surface area contributed by atoms with Crippen LogP contribution in [0.2, 0.25) is 0 Å². The van der Waals surface area contributed by atoms with Gasteiger partial charge in [-0.05, 0) is 46.3 Å². The molecule has 0 fully saturated rings. The second-order valence-electron chi connectivity index (χ2n) is 3.62. The Kier molecular flexibility index (Phi) is 4.03. The molecular weight excluding hydrogens is 343 g/mol. The Bertz CT molecular complexity index is 611. The Labute approximate surface area is 119 Å². The molecule has 1 aromatic carbocycles. The van der Waals surface area contributed by atoms with Crippen LogP contribution < -0.4 is 10.1 Å². The van der Waals surface area contributed by atoms with Crippen LogP contribution in [0.3, 0.4) is 0 Å². The average Bonchev–Trinajstić information content (AvgIpc) is 2.85. The molecule has 2 aromatic rings. The molecule has 0 atom stereocenters. The highest BCUT2D eigenvalue weighted by atomic mass is 79.9. The van der Waals surface area contributed by atoms with Crippen LogP contribution in [0.5, 0.6) is 5.75 Å². The van der Waals surface area contributed by atoms with Gasteiger partial charge in [0.1, 0.15) is 5.75 Å². The van der Waals surface area contributed by atoms with Crippen LogP contribution in [0.1, 0.15) is 10.6 Å². The third kappa shape index (κ3) is 3.77. The Morgan fingerprint density at radius 1 is 1.30 bits per heavy atom. The number of amides is 1. The molecule has 1 N–H and O–H groups in total. The molecule has 1 aromatic heterocycles. The summed E-state index contributed by atoms with van der Waals surface area (Å²) in [5.74, 6) is -0.809. The summed E-state index contributed by atoms with van der Waals surface area (Å²) in [4.78, 5) is 11.7. The molecule has 0 saturated carbocycles. The topological polar surface area (TPSA) is 51.5 Å². The van der Waals surface area contributed by atoms with Crippen LogP contribution in [0, 0.1) is 0 Å². The van der Waals surface area contributed by atoms with Crippen molar-refractivity contribution in [3.8, 4) is 5.75 Å². The molecule has 1 amide bonds. The van der Waals surface area contributed by atoms with E-state index in [9.17, 15) is 18.0 Å². The zero-order valence-electron chi connectivity index (χ0n) is 9.70. The maximum absolute atomic E-state index is 12.1. The fourth-order valence-corrected chi connectivity index (χ4v) is 1.85. The molecule has 0 bridgehead atoms. The monoisotopic (exact) mass is 349 g/mol. The van der Waals surface area contributed by atoms with Gasteiger partial charge in [0.15, 0.2) is 5.76 Å². The van der Waals surface area contributed by atoms with E-state index in [4.69, 9.17) is 4.42 Å². The molecule has 8 heteroatoms. The Morgan fingerprint density at radius 2 is 2.05 bits per heavy atom. The minimum atomic E-state index is -4.78. The van der Waals surface area contributed by atoms with Crippen LogP contribution in [0.25, 0.3) is 0 Å². The minimum Gasteiger partial charge on any atom is -0.459 e. The van der Waals surface area contributed by atoms with Crippen molar-refractivity contribution in [3.63, 3.8) is 0 Å². The van der Waals surface area contributed by atoms with E-state index in [1.165, 1.54) is 24.5 Å². The normalized spacial score (nSPS) is 11.2. The molecule has 0 unspecified atom stereocenters. The van der Waals surface area contributed by atoms with Crippen molar-refractivity contribution < 1.29 is 27.1 Å². The SMILES string of the molecule is O=C(Nc1ccc(OC(F)(F)F)c(Br)c1)c1ccco1. The summed E-state index contributed by atoms with van der Waals surface area (Å²) in [5.41, 5.74) is 0.299. The first-order chi connectivity index (χ1) is 9.35. The molecule has 4 nitrogen and oxygen atoms in total. The number of ether oxygens (including phenoxy) is 1. The predicted molar refractivity (Wildman–Crippen MR) is 67.5 cm³/mol. The van der Waals surface area contributed by atoms with Crippen molar-refractivity contribution in [1.82, 2.24) is 0 Å². The van der Waals surface area contributed by atoms with Gasteiger partial charge in [-0.2, -0.15) is 0 Å². The molecule has 1 heterocycles. The number of anilines is 1. The maximum Gasteiger partial charge on any atom is 0.573 e. The third-order valence-electron chi connectivity index (χ3n) is 2.16. The molecule has 20 heavy (non-hydrogen) atoms. The van der Waals surface area contributed by atoms with Gasteiger partial charge in [0.25, 0.3) is 5.91 Å². The highest BCUT2D eigenvalue weighted by molar-refractivity contribution is 9.10. The summed E-state index contributed by atoms with van der Waals surface area (Å²) < 4.78 is 45.0. The number of halogens is 4. The van der Waals surface area contributed by atoms with Crippen LogP contribution in [0.4, 0.5) is 18.9 Å². The summed E-state index contributed by atoms with van der Waals surface area (Å²) in [6.45, 7) is 0. The average molecular weight is 350 g/mol. The summed E-state index contributed by atoms with van der Waals surface area (Å²) >= 11 is 2.94. The molecule has 2 rings (SSSR count). The summed E-state index contributed by atoms with van der Waals surface area (Å²) in [6.07, 6.45) is -3.44. The number of alkyl halides is 3. The second kappa shape index (κ2) is 5.58. The van der Waals surface area contributed by atoms with E-state index in [0.29, 0.717) is 5.69 Å². The quantitative estimate of drug-likeness (QED) is 0.903. The zero-order chi connectivity index (χ0) is 14.8. The molecule has 0 saturated heterocycles. The first kappa shape index (κ1) is 14.4. The lowest BCUT2D eigenvalue weighted by Crippen LogP contribution is -2.17. The number of hydrogen-bond donors (Lipinski definition) is 1. The standard InChI is InChI=1S/C12H7BrF3NO3/c13-8-6-7(3-4-9(8)20-12(14,15)16)17-11(18)10-2-1-5-19-10/h1-6H,(H,17,18). The van der Waals surface area contributed by atoms with Crippen molar-refractivity contribution >= 4 is 27.5 Å². The van der Waals surface area contributed by atoms with E-state index < -0.39 is 18.0 Å². The van der Waals surface area contributed by atoms with Crippen LogP contribution in [-0.4, -0.2) is 12.3 Å². The number of carbonyl (C=O) groups excluding carboxylic acids is 1. The number of rotatable bonds is 3. The summed E-state index contributed by atoms with van der Waals surface area (Å²) in [7, 11) is 0. The first-order valence-corrected chi connectivity index (χ1v) is 6.04. The number of benzene rings is 1. The number of carbonyl (C=O) groups is 1. The lowest BCUT2D eigenvalue weighted by molar-refractivity contribution is -0.274. The van der Waals surface area contributed by atoms with E-state index in [2.05, 4.69) is 26.0 Å². The van der Waals surface area contributed by atoms with Crippen molar-refractivity contribution in [3.05, 3.63) is 46.8 Å². The zero-order valence-corrected chi connectivity index (χ0v) is 11.3. The van der Waals surface area contributed by atoms with E-state index in [-0.39, 0.29) is 10.2 Å². The Hall–Kier alpha value is -1.96. The lowest BCUT2D eigenvalue weighted by Gasteiger charge is -2.11. The highest BCUT2D eigenvalue weighted by Gasteiger charge is 2.32. The molecule has 0 radical (unpaired) electrons. The van der Waals surface area contributed by atoms with Gasteiger partial charge in [0.05, 0.1) is 10.7 Å². The third-order valence-corrected chi connectivity index (χ3v) is 2.78.